The molecule has 4 heteroatoms. The first-order chi connectivity index (χ1) is 7.65. The Morgan fingerprint density at radius 2 is 2.25 bits per heavy atom. The van der Waals surface area contributed by atoms with Crippen LogP contribution in [-0.4, -0.2) is 12.1 Å². The fraction of sp³-hybridized carbons (Fsp3) is 0.667. The average Bonchev–Trinajstić information content (AvgIpc) is 2.54. The van der Waals surface area contributed by atoms with Crippen LogP contribution in [-0.2, 0) is 6.42 Å². The van der Waals surface area contributed by atoms with Gasteiger partial charge in [0, 0.05) is 12.1 Å². The van der Waals surface area contributed by atoms with Crippen molar-refractivity contribution in [2.75, 3.05) is 0 Å². The van der Waals surface area contributed by atoms with Crippen LogP contribution in [0, 0.1) is 0 Å². The highest BCUT2D eigenvalue weighted by molar-refractivity contribution is 7.20. The van der Waals surface area contributed by atoms with Crippen LogP contribution in [0.5, 0.6) is 0 Å². The number of nitrogens with one attached hydrogen (secondary N) is 1. The Kier molecular flexibility index (Phi) is 4.54. The molecule has 16 heavy (non-hydrogen) atoms. The van der Waals surface area contributed by atoms with Crippen LogP contribution in [0.25, 0.3) is 0 Å². The van der Waals surface area contributed by atoms with Crippen LogP contribution in [0.3, 0.4) is 0 Å². The molecule has 0 spiro atoms. The third-order valence-electron chi connectivity index (χ3n) is 3.20. The van der Waals surface area contributed by atoms with Crippen molar-refractivity contribution in [2.24, 2.45) is 0 Å². The average molecular weight is 278 g/mol. The number of piperidine rings is 1. The second-order valence-electron chi connectivity index (χ2n) is 4.58. The topological polar surface area (TPSA) is 12.0 Å². The van der Waals surface area contributed by atoms with Crippen molar-refractivity contribution in [1.29, 1.82) is 0 Å². The SMILES string of the molecule is CC1CCCC(CCc2cc(Cl)sc2Cl)N1. The fourth-order valence-corrected chi connectivity index (χ4v) is 3.89. The number of hydrogen-bond donors (Lipinski definition) is 1. The summed E-state index contributed by atoms with van der Waals surface area (Å²) in [4.78, 5) is 0. The summed E-state index contributed by atoms with van der Waals surface area (Å²) >= 11 is 13.5. The number of thiophene rings is 1. The van der Waals surface area contributed by atoms with E-state index in [1.54, 1.807) is 0 Å². The highest BCUT2D eigenvalue weighted by Gasteiger charge is 2.18. The zero-order chi connectivity index (χ0) is 11.5. The van der Waals surface area contributed by atoms with Crippen LogP contribution in [0.4, 0.5) is 0 Å². The molecule has 1 aliphatic rings. The maximum atomic E-state index is 6.11. The summed E-state index contributed by atoms with van der Waals surface area (Å²) in [7, 11) is 0. The summed E-state index contributed by atoms with van der Waals surface area (Å²) in [6, 6.07) is 3.32. The molecule has 1 fully saturated rings. The van der Waals surface area contributed by atoms with Gasteiger partial charge in [0.25, 0.3) is 0 Å². The summed E-state index contributed by atoms with van der Waals surface area (Å²) in [5.74, 6) is 0. The molecule has 2 heterocycles. The van der Waals surface area contributed by atoms with Crippen molar-refractivity contribution in [3.63, 3.8) is 0 Å². The molecule has 90 valence electrons. The fourth-order valence-electron chi connectivity index (χ4n) is 2.34. The molecule has 0 bridgehead atoms. The van der Waals surface area contributed by atoms with E-state index >= 15 is 0 Å². The largest absolute Gasteiger partial charge is 0.311 e. The van der Waals surface area contributed by atoms with E-state index in [1.165, 1.54) is 36.2 Å². The van der Waals surface area contributed by atoms with Gasteiger partial charge in [0.1, 0.15) is 0 Å². The van der Waals surface area contributed by atoms with Crippen molar-refractivity contribution >= 4 is 34.5 Å². The van der Waals surface area contributed by atoms with Crippen LogP contribution in [0.2, 0.25) is 8.67 Å². The zero-order valence-electron chi connectivity index (χ0n) is 9.43. The summed E-state index contributed by atoms with van der Waals surface area (Å²) in [6.07, 6.45) is 6.14. The Labute approximate surface area is 111 Å². The van der Waals surface area contributed by atoms with Crippen molar-refractivity contribution < 1.29 is 0 Å². The Balaban J connectivity index is 1.85. The molecule has 1 aliphatic heterocycles. The molecule has 1 nitrogen and oxygen atoms in total. The molecule has 2 unspecified atom stereocenters. The van der Waals surface area contributed by atoms with Gasteiger partial charge in [-0.1, -0.05) is 29.6 Å². The Hall–Kier alpha value is 0.240. The third-order valence-corrected chi connectivity index (χ3v) is 4.77. The molecule has 0 aliphatic carbocycles. The minimum absolute atomic E-state index is 0.651. The van der Waals surface area contributed by atoms with E-state index in [-0.39, 0.29) is 0 Å². The molecular weight excluding hydrogens is 261 g/mol. The molecule has 1 aromatic rings. The molecule has 0 radical (unpaired) electrons. The van der Waals surface area contributed by atoms with Gasteiger partial charge in [-0.15, -0.1) is 11.3 Å². The lowest BCUT2D eigenvalue weighted by atomic mass is 9.95. The molecule has 2 rings (SSSR count). The van der Waals surface area contributed by atoms with Crippen LogP contribution in [0.1, 0.15) is 38.2 Å². The van der Waals surface area contributed by atoms with E-state index in [4.69, 9.17) is 23.2 Å². The number of halogens is 2. The first-order valence-corrected chi connectivity index (χ1v) is 7.42. The van der Waals surface area contributed by atoms with Gasteiger partial charge in [-0.3, -0.25) is 0 Å². The second kappa shape index (κ2) is 5.72. The van der Waals surface area contributed by atoms with Gasteiger partial charge in [-0.05, 0) is 44.2 Å². The van der Waals surface area contributed by atoms with Crippen molar-refractivity contribution in [3.8, 4) is 0 Å². The lowest BCUT2D eigenvalue weighted by molar-refractivity contribution is 0.322. The first-order valence-electron chi connectivity index (χ1n) is 5.85. The molecule has 0 saturated carbocycles. The van der Waals surface area contributed by atoms with E-state index in [2.05, 4.69) is 12.2 Å². The lowest BCUT2D eigenvalue weighted by Crippen LogP contribution is -2.40. The molecule has 0 aromatic carbocycles. The minimum atomic E-state index is 0.651. The highest BCUT2D eigenvalue weighted by atomic mass is 35.5. The van der Waals surface area contributed by atoms with Crippen molar-refractivity contribution in [2.45, 2.75) is 51.1 Å². The predicted molar refractivity (Wildman–Crippen MR) is 72.9 cm³/mol. The summed E-state index contributed by atoms with van der Waals surface area (Å²) in [5, 5.41) is 3.64. The summed E-state index contributed by atoms with van der Waals surface area (Å²) in [6.45, 7) is 2.26. The molecule has 0 amide bonds. The zero-order valence-corrected chi connectivity index (χ0v) is 11.8. The first kappa shape index (κ1) is 12.7. The quantitative estimate of drug-likeness (QED) is 0.857. The van der Waals surface area contributed by atoms with E-state index in [0.717, 1.165) is 21.5 Å². The Bertz CT molecular complexity index is 351. The highest BCUT2D eigenvalue weighted by Crippen LogP contribution is 2.32. The number of rotatable bonds is 3. The normalized spacial score (nSPS) is 25.9. The van der Waals surface area contributed by atoms with Gasteiger partial charge in [0.05, 0.1) is 8.67 Å². The van der Waals surface area contributed by atoms with Gasteiger partial charge >= 0.3 is 0 Å². The lowest BCUT2D eigenvalue weighted by Gasteiger charge is -2.28. The van der Waals surface area contributed by atoms with E-state index in [1.807, 2.05) is 6.07 Å². The molecule has 2 atom stereocenters. The van der Waals surface area contributed by atoms with Gasteiger partial charge in [0.15, 0.2) is 0 Å². The van der Waals surface area contributed by atoms with Gasteiger partial charge in [-0.2, -0.15) is 0 Å². The van der Waals surface area contributed by atoms with Crippen LogP contribution in [0.15, 0.2) is 6.07 Å². The smallest absolute Gasteiger partial charge is 0.0976 e. The standard InChI is InChI=1S/C12H17Cl2NS/c1-8-3-2-4-10(15-8)6-5-9-7-11(13)16-12(9)14/h7-8,10,15H,2-6H2,1H3. The number of hydrogen-bond acceptors (Lipinski definition) is 2. The van der Waals surface area contributed by atoms with Gasteiger partial charge < -0.3 is 5.32 Å². The Morgan fingerprint density at radius 3 is 2.88 bits per heavy atom. The summed E-state index contributed by atoms with van der Waals surface area (Å²) < 4.78 is 1.65. The molecule has 1 N–H and O–H groups in total. The molecule has 1 saturated heterocycles. The van der Waals surface area contributed by atoms with E-state index in [0.29, 0.717) is 12.1 Å². The summed E-state index contributed by atoms with van der Waals surface area (Å²) in [5.41, 5.74) is 1.21. The van der Waals surface area contributed by atoms with E-state index in [9.17, 15) is 0 Å². The Morgan fingerprint density at radius 1 is 1.44 bits per heavy atom. The van der Waals surface area contributed by atoms with Gasteiger partial charge in [-0.25, -0.2) is 0 Å². The maximum Gasteiger partial charge on any atom is 0.0976 e. The molecular formula is C12H17Cl2NS. The van der Waals surface area contributed by atoms with Gasteiger partial charge in [0.2, 0.25) is 0 Å². The maximum absolute atomic E-state index is 6.11. The predicted octanol–water partition coefficient (Wildman–Crippen LogP) is 4.52. The van der Waals surface area contributed by atoms with E-state index < -0.39 is 0 Å². The van der Waals surface area contributed by atoms with Crippen molar-refractivity contribution in [3.05, 3.63) is 20.3 Å². The monoisotopic (exact) mass is 277 g/mol. The van der Waals surface area contributed by atoms with Crippen LogP contribution >= 0.6 is 34.5 Å². The third kappa shape index (κ3) is 3.36. The number of aryl methyl sites for hydroxylation is 1. The van der Waals surface area contributed by atoms with Crippen LogP contribution < -0.4 is 5.32 Å². The minimum Gasteiger partial charge on any atom is -0.311 e. The van der Waals surface area contributed by atoms with Crippen molar-refractivity contribution in [1.82, 2.24) is 5.32 Å². The molecule has 1 aromatic heterocycles. The second-order valence-corrected chi connectivity index (χ2v) is 6.87.